The number of ether oxygens (including phenoxy) is 1. The average molecular weight is 261 g/mol. The maximum atomic E-state index is 5.12. The molecule has 1 fully saturated rings. The van der Waals surface area contributed by atoms with Crippen molar-refractivity contribution in [2.24, 2.45) is 5.92 Å². The van der Waals surface area contributed by atoms with E-state index in [9.17, 15) is 0 Å². The molecule has 0 saturated heterocycles. The van der Waals surface area contributed by atoms with Gasteiger partial charge in [0.15, 0.2) is 0 Å². The lowest BCUT2D eigenvalue weighted by Gasteiger charge is -2.26. The summed E-state index contributed by atoms with van der Waals surface area (Å²) in [6, 6.07) is 8.88. The first-order chi connectivity index (χ1) is 9.33. The lowest BCUT2D eigenvalue weighted by Crippen LogP contribution is -2.28. The van der Waals surface area contributed by atoms with Crippen molar-refractivity contribution in [3.05, 3.63) is 35.4 Å². The number of nitrogens with one attached hydrogen (secondary N) is 1. The van der Waals surface area contributed by atoms with Crippen molar-refractivity contribution in [2.75, 3.05) is 26.8 Å². The molecule has 19 heavy (non-hydrogen) atoms. The molecule has 0 aliphatic heterocycles. The number of benzene rings is 1. The monoisotopic (exact) mass is 261 g/mol. The molecule has 0 heterocycles. The van der Waals surface area contributed by atoms with E-state index in [1.807, 2.05) is 0 Å². The van der Waals surface area contributed by atoms with E-state index in [-0.39, 0.29) is 0 Å². The smallest absolute Gasteiger partial charge is 0.0587 e. The van der Waals surface area contributed by atoms with Gasteiger partial charge in [0.1, 0.15) is 0 Å². The van der Waals surface area contributed by atoms with Crippen LogP contribution in [0.2, 0.25) is 0 Å². The summed E-state index contributed by atoms with van der Waals surface area (Å²) in [4.78, 5) is 0. The van der Waals surface area contributed by atoms with Gasteiger partial charge in [-0.3, -0.25) is 0 Å². The first-order valence-electron chi connectivity index (χ1n) is 7.58. The minimum atomic E-state index is 0.667. The van der Waals surface area contributed by atoms with Crippen molar-refractivity contribution in [3.8, 4) is 0 Å². The lowest BCUT2D eigenvalue weighted by molar-refractivity contribution is 0.198. The van der Waals surface area contributed by atoms with E-state index in [1.54, 1.807) is 12.7 Å². The van der Waals surface area contributed by atoms with Gasteiger partial charge in [-0.1, -0.05) is 37.1 Å². The SMILES string of the molecule is COCCNCC(c1ccccc1C)C1CCCC1. The molecule has 1 atom stereocenters. The van der Waals surface area contributed by atoms with Crippen LogP contribution in [0.1, 0.15) is 42.7 Å². The van der Waals surface area contributed by atoms with E-state index >= 15 is 0 Å². The van der Waals surface area contributed by atoms with Gasteiger partial charge < -0.3 is 10.1 Å². The van der Waals surface area contributed by atoms with Crippen LogP contribution in [-0.4, -0.2) is 26.8 Å². The molecule has 1 unspecified atom stereocenters. The van der Waals surface area contributed by atoms with Crippen molar-refractivity contribution in [2.45, 2.75) is 38.5 Å². The van der Waals surface area contributed by atoms with E-state index in [0.29, 0.717) is 5.92 Å². The maximum absolute atomic E-state index is 5.12. The first kappa shape index (κ1) is 14.5. The van der Waals surface area contributed by atoms with E-state index in [0.717, 1.165) is 25.6 Å². The fraction of sp³-hybridized carbons (Fsp3) is 0.647. The highest BCUT2D eigenvalue weighted by Crippen LogP contribution is 2.37. The molecule has 2 rings (SSSR count). The van der Waals surface area contributed by atoms with Gasteiger partial charge in [0.25, 0.3) is 0 Å². The van der Waals surface area contributed by atoms with Gasteiger partial charge in [0.2, 0.25) is 0 Å². The molecular formula is C17H27NO. The molecule has 1 aliphatic carbocycles. The molecule has 0 bridgehead atoms. The summed E-state index contributed by atoms with van der Waals surface area (Å²) in [5.74, 6) is 1.52. The number of methoxy groups -OCH3 is 1. The number of rotatable bonds is 7. The molecule has 1 aromatic carbocycles. The molecule has 2 nitrogen and oxygen atoms in total. The fourth-order valence-corrected chi connectivity index (χ4v) is 3.32. The highest BCUT2D eigenvalue weighted by atomic mass is 16.5. The van der Waals surface area contributed by atoms with E-state index < -0.39 is 0 Å². The molecule has 0 aromatic heterocycles. The van der Waals surface area contributed by atoms with Crippen molar-refractivity contribution >= 4 is 0 Å². The van der Waals surface area contributed by atoms with Crippen LogP contribution >= 0.6 is 0 Å². The summed E-state index contributed by atoms with van der Waals surface area (Å²) < 4.78 is 5.12. The molecule has 0 amide bonds. The summed E-state index contributed by atoms with van der Waals surface area (Å²) in [6.45, 7) is 5.07. The predicted octanol–water partition coefficient (Wildman–Crippen LogP) is 3.50. The predicted molar refractivity (Wildman–Crippen MR) is 80.6 cm³/mol. The van der Waals surface area contributed by atoms with Crippen LogP contribution in [0.5, 0.6) is 0 Å². The Bertz CT molecular complexity index is 371. The van der Waals surface area contributed by atoms with Crippen LogP contribution in [-0.2, 0) is 4.74 Å². The van der Waals surface area contributed by atoms with E-state index in [1.165, 1.54) is 31.2 Å². The summed E-state index contributed by atoms with van der Waals surface area (Å²) >= 11 is 0. The minimum Gasteiger partial charge on any atom is -0.383 e. The van der Waals surface area contributed by atoms with Crippen LogP contribution in [0, 0.1) is 12.8 Å². The molecule has 2 heteroatoms. The lowest BCUT2D eigenvalue weighted by atomic mass is 9.83. The van der Waals surface area contributed by atoms with Crippen molar-refractivity contribution in [1.29, 1.82) is 0 Å². The summed E-state index contributed by atoms with van der Waals surface area (Å²) in [5, 5.41) is 3.56. The van der Waals surface area contributed by atoms with E-state index in [2.05, 4.69) is 36.5 Å². The Morgan fingerprint density at radius 2 is 2.00 bits per heavy atom. The van der Waals surface area contributed by atoms with Crippen LogP contribution in [0.4, 0.5) is 0 Å². The zero-order valence-electron chi connectivity index (χ0n) is 12.3. The molecule has 1 saturated carbocycles. The van der Waals surface area contributed by atoms with E-state index in [4.69, 9.17) is 4.74 Å². The number of hydrogen-bond donors (Lipinski definition) is 1. The minimum absolute atomic E-state index is 0.667. The quantitative estimate of drug-likeness (QED) is 0.758. The van der Waals surface area contributed by atoms with Gasteiger partial charge >= 0.3 is 0 Å². The maximum Gasteiger partial charge on any atom is 0.0587 e. The third-order valence-corrected chi connectivity index (χ3v) is 4.40. The van der Waals surface area contributed by atoms with Gasteiger partial charge in [-0.05, 0) is 42.7 Å². The van der Waals surface area contributed by atoms with Gasteiger partial charge in [0.05, 0.1) is 6.61 Å². The molecule has 1 aromatic rings. The van der Waals surface area contributed by atoms with Gasteiger partial charge in [0, 0.05) is 20.2 Å². The average Bonchev–Trinajstić information content (AvgIpc) is 2.94. The van der Waals surface area contributed by atoms with Gasteiger partial charge in [-0.2, -0.15) is 0 Å². The Balaban J connectivity index is 2.03. The summed E-state index contributed by atoms with van der Waals surface area (Å²) in [7, 11) is 1.76. The standard InChI is InChI=1S/C17H27NO/c1-14-7-3-6-10-16(14)17(13-18-11-12-19-2)15-8-4-5-9-15/h3,6-7,10,15,17-18H,4-5,8-9,11-13H2,1-2H3. The molecule has 1 N–H and O–H groups in total. The number of hydrogen-bond acceptors (Lipinski definition) is 2. The molecular weight excluding hydrogens is 234 g/mol. The first-order valence-corrected chi connectivity index (χ1v) is 7.58. The zero-order chi connectivity index (χ0) is 13.5. The third-order valence-electron chi connectivity index (χ3n) is 4.40. The second-order valence-electron chi connectivity index (χ2n) is 5.70. The topological polar surface area (TPSA) is 21.3 Å². The molecule has 0 spiro atoms. The highest BCUT2D eigenvalue weighted by Gasteiger charge is 2.26. The Morgan fingerprint density at radius 1 is 1.26 bits per heavy atom. The van der Waals surface area contributed by atoms with Gasteiger partial charge in [-0.15, -0.1) is 0 Å². The Morgan fingerprint density at radius 3 is 2.68 bits per heavy atom. The Labute approximate surface area is 117 Å². The van der Waals surface area contributed by atoms with Crippen molar-refractivity contribution < 1.29 is 4.74 Å². The van der Waals surface area contributed by atoms with Crippen LogP contribution in [0.3, 0.4) is 0 Å². The third kappa shape index (κ3) is 4.05. The second kappa shape index (κ2) is 7.66. The normalized spacial score (nSPS) is 17.8. The Hall–Kier alpha value is -0.860. The fourth-order valence-electron chi connectivity index (χ4n) is 3.32. The Kier molecular flexibility index (Phi) is 5.87. The van der Waals surface area contributed by atoms with Gasteiger partial charge in [-0.25, -0.2) is 0 Å². The zero-order valence-corrected chi connectivity index (χ0v) is 12.3. The summed E-state index contributed by atoms with van der Waals surface area (Å²) in [6.07, 6.45) is 5.60. The molecule has 106 valence electrons. The van der Waals surface area contributed by atoms with Crippen molar-refractivity contribution in [3.63, 3.8) is 0 Å². The van der Waals surface area contributed by atoms with Crippen LogP contribution in [0.25, 0.3) is 0 Å². The molecule has 1 aliphatic rings. The highest BCUT2D eigenvalue weighted by molar-refractivity contribution is 5.30. The van der Waals surface area contributed by atoms with Crippen LogP contribution in [0.15, 0.2) is 24.3 Å². The largest absolute Gasteiger partial charge is 0.383 e. The second-order valence-corrected chi connectivity index (χ2v) is 5.70. The molecule has 0 radical (unpaired) electrons. The van der Waals surface area contributed by atoms with Crippen LogP contribution < -0.4 is 5.32 Å². The van der Waals surface area contributed by atoms with Crippen molar-refractivity contribution in [1.82, 2.24) is 5.32 Å². The summed E-state index contributed by atoms with van der Waals surface area (Å²) in [5.41, 5.74) is 2.98. The number of aryl methyl sites for hydroxylation is 1.